The maximum Gasteiger partial charge on any atom is 0.366 e. The maximum atomic E-state index is 12.3. The van der Waals surface area contributed by atoms with E-state index in [0.29, 0.717) is 11.5 Å². The van der Waals surface area contributed by atoms with E-state index in [9.17, 15) is 18.9 Å². The van der Waals surface area contributed by atoms with Gasteiger partial charge in [0.25, 0.3) is 0 Å². The molecule has 0 heterocycles. The minimum atomic E-state index is -4.48. The van der Waals surface area contributed by atoms with E-state index >= 15 is 0 Å². The SMILES string of the molecule is COc1ccc(P(=O)(O)OP(=O)(O)c2ccc(OC)cc2)cc1. The van der Waals surface area contributed by atoms with Crippen molar-refractivity contribution in [1.29, 1.82) is 0 Å². The number of ether oxygens (including phenoxy) is 2. The lowest BCUT2D eigenvalue weighted by molar-refractivity contribution is 0.349. The van der Waals surface area contributed by atoms with Gasteiger partial charge < -0.3 is 19.3 Å². The Balaban J connectivity index is 2.25. The molecule has 0 spiro atoms. The third-order valence-electron chi connectivity index (χ3n) is 3.02. The molecule has 0 fully saturated rings. The molecule has 2 unspecified atom stereocenters. The van der Waals surface area contributed by atoms with Crippen molar-refractivity contribution >= 4 is 25.8 Å². The van der Waals surface area contributed by atoms with E-state index in [2.05, 4.69) is 4.31 Å². The maximum absolute atomic E-state index is 12.3. The Hall–Kier alpha value is -1.62. The Morgan fingerprint density at radius 1 is 0.696 bits per heavy atom. The van der Waals surface area contributed by atoms with Gasteiger partial charge in [0.15, 0.2) is 0 Å². The number of benzene rings is 2. The molecular weight excluding hydrogens is 342 g/mol. The molecule has 0 aliphatic heterocycles. The van der Waals surface area contributed by atoms with Crippen LogP contribution in [0.25, 0.3) is 0 Å². The first-order valence-corrected chi connectivity index (χ1v) is 9.60. The van der Waals surface area contributed by atoms with E-state index in [-0.39, 0.29) is 10.6 Å². The molecule has 7 nitrogen and oxygen atoms in total. The summed E-state index contributed by atoms with van der Waals surface area (Å²) in [7, 11) is -6.05. The largest absolute Gasteiger partial charge is 0.497 e. The number of hydrogen-bond donors (Lipinski definition) is 2. The van der Waals surface area contributed by atoms with E-state index in [1.165, 1.54) is 62.8 Å². The highest BCUT2D eigenvalue weighted by molar-refractivity contribution is 7.74. The fourth-order valence-electron chi connectivity index (χ4n) is 1.79. The van der Waals surface area contributed by atoms with E-state index in [4.69, 9.17) is 9.47 Å². The van der Waals surface area contributed by atoms with Crippen LogP contribution in [0.1, 0.15) is 0 Å². The van der Waals surface area contributed by atoms with E-state index in [1.807, 2.05) is 0 Å². The summed E-state index contributed by atoms with van der Waals surface area (Å²) in [5, 5.41) is -0.220. The van der Waals surface area contributed by atoms with Crippen LogP contribution in [0.5, 0.6) is 11.5 Å². The van der Waals surface area contributed by atoms with Crippen LogP contribution in [0.4, 0.5) is 0 Å². The lowest BCUT2D eigenvalue weighted by Crippen LogP contribution is -2.11. The molecule has 2 atom stereocenters. The molecule has 0 amide bonds. The minimum Gasteiger partial charge on any atom is -0.497 e. The van der Waals surface area contributed by atoms with Gasteiger partial charge in [0, 0.05) is 0 Å². The molecular formula is C14H16O7P2. The summed E-state index contributed by atoms with van der Waals surface area (Å²) in [4.78, 5) is 20.0. The van der Waals surface area contributed by atoms with Crippen LogP contribution in [0.2, 0.25) is 0 Å². The summed E-state index contributed by atoms with van der Waals surface area (Å²) in [6, 6.07) is 11.0. The van der Waals surface area contributed by atoms with Crippen LogP contribution >= 0.6 is 15.2 Å². The summed E-state index contributed by atoms with van der Waals surface area (Å²) >= 11 is 0. The smallest absolute Gasteiger partial charge is 0.366 e. The normalized spacial score (nSPS) is 16.2. The van der Waals surface area contributed by atoms with Gasteiger partial charge in [0.2, 0.25) is 0 Å². The van der Waals surface area contributed by atoms with Crippen LogP contribution < -0.4 is 20.1 Å². The molecule has 2 aromatic carbocycles. The Labute approximate surface area is 133 Å². The van der Waals surface area contributed by atoms with E-state index in [0.717, 1.165) is 0 Å². The van der Waals surface area contributed by atoms with Gasteiger partial charge in [-0.05, 0) is 48.5 Å². The second-order valence-electron chi connectivity index (χ2n) is 4.52. The van der Waals surface area contributed by atoms with Crippen molar-refractivity contribution in [2.24, 2.45) is 0 Å². The first kappa shape index (κ1) is 17.7. The molecule has 0 saturated carbocycles. The molecule has 0 aromatic heterocycles. The van der Waals surface area contributed by atoms with Crippen molar-refractivity contribution in [3.8, 4) is 11.5 Å². The van der Waals surface area contributed by atoms with Crippen LogP contribution in [0.15, 0.2) is 48.5 Å². The highest BCUT2D eigenvalue weighted by Crippen LogP contribution is 2.57. The first-order valence-electron chi connectivity index (χ1n) is 6.44. The fourth-order valence-corrected chi connectivity index (χ4v) is 4.79. The number of hydrogen-bond acceptors (Lipinski definition) is 5. The standard InChI is InChI=1S/C14H16O7P2/c1-19-11-3-7-13(8-4-11)22(15,16)21-23(17,18)14-9-5-12(20-2)6-10-14/h3-10H,1-2H3,(H,15,16)(H,17,18). The van der Waals surface area contributed by atoms with Crippen molar-refractivity contribution in [1.82, 2.24) is 0 Å². The highest BCUT2D eigenvalue weighted by Gasteiger charge is 2.35. The summed E-state index contributed by atoms with van der Waals surface area (Å²) in [5.74, 6) is 0.965. The zero-order valence-electron chi connectivity index (χ0n) is 12.4. The molecule has 9 heteroatoms. The molecule has 2 aromatic rings. The molecule has 0 aliphatic carbocycles. The number of rotatable bonds is 6. The predicted molar refractivity (Wildman–Crippen MR) is 86.0 cm³/mol. The van der Waals surface area contributed by atoms with Crippen molar-refractivity contribution in [3.05, 3.63) is 48.5 Å². The second-order valence-corrected chi connectivity index (χ2v) is 8.29. The Morgan fingerprint density at radius 2 is 1.00 bits per heavy atom. The quantitative estimate of drug-likeness (QED) is 0.762. The van der Waals surface area contributed by atoms with E-state index < -0.39 is 15.2 Å². The third-order valence-corrected chi connectivity index (χ3v) is 6.69. The first-order chi connectivity index (χ1) is 10.8. The molecule has 2 N–H and O–H groups in total. The van der Waals surface area contributed by atoms with Gasteiger partial charge in [-0.1, -0.05) is 0 Å². The zero-order chi connectivity index (χ0) is 17.1. The molecule has 0 radical (unpaired) electrons. The highest BCUT2D eigenvalue weighted by atomic mass is 31.3. The van der Waals surface area contributed by atoms with Crippen molar-refractivity contribution in [3.63, 3.8) is 0 Å². The second kappa shape index (κ2) is 6.87. The molecule has 2 rings (SSSR count). The van der Waals surface area contributed by atoms with Gasteiger partial charge in [-0.25, -0.2) is 4.31 Å². The monoisotopic (exact) mass is 358 g/mol. The lowest BCUT2D eigenvalue weighted by atomic mass is 10.3. The van der Waals surface area contributed by atoms with Gasteiger partial charge >= 0.3 is 15.2 Å². The Bertz CT molecular complexity index is 690. The van der Waals surface area contributed by atoms with Gasteiger partial charge in [0.05, 0.1) is 24.8 Å². The van der Waals surface area contributed by atoms with Gasteiger partial charge in [-0.15, -0.1) is 0 Å². The van der Waals surface area contributed by atoms with Crippen LogP contribution in [-0.4, -0.2) is 24.0 Å². The summed E-state index contributed by atoms with van der Waals surface area (Å²) in [5.41, 5.74) is 0. The Morgan fingerprint density at radius 3 is 1.26 bits per heavy atom. The average Bonchev–Trinajstić information content (AvgIpc) is 2.54. The third kappa shape index (κ3) is 4.22. The van der Waals surface area contributed by atoms with Gasteiger partial charge in [-0.2, -0.15) is 0 Å². The van der Waals surface area contributed by atoms with E-state index in [1.54, 1.807) is 0 Å². The summed E-state index contributed by atoms with van der Waals surface area (Å²) in [6.45, 7) is 0. The van der Waals surface area contributed by atoms with Crippen molar-refractivity contribution < 1.29 is 32.7 Å². The lowest BCUT2D eigenvalue weighted by Gasteiger charge is -2.17. The molecule has 23 heavy (non-hydrogen) atoms. The van der Waals surface area contributed by atoms with Crippen LogP contribution in [0.3, 0.4) is 0 Å². The molecule has 124 valence electrons. The van der Waals surface area contributed by atoms with Crippen LogP contribution in [-0.2, 0) is 13.4 Å². The predicted octanol–water partition coefficient (Wildman–Crippen LogP) is 2.04. The van der Waals surface area contributed by atoms with Crippen molar-refractivity contribution in [2.45, 2.75) is 0 Å². The minimum absolute atomic E-state index is 0.110. The summed E-state index contributed by atoms with van der Waals surface area (Å²) < 4.78 is 39.1. The fraction of sp³-hybridized carbons (Fsp3) is 0.143. The zero-order valence-corrected chi connectivity index (χ0v) is 14.2. The van der Waals surface area contributed by atoms with Gasteiger partial charge in [-0.3, -0.25) is 9.13 Å². The Kier molecular flexibility index (Phi) is 5.30. The van der Waals surface area contributed by atoms with Crippen LogP contribution in [0, 0.1) is 0 Å². The molecule has 0 saturated heterocycles. The topological polar surface area (TPSA) is 102 Å². The van der Waals surface area contributed by atoms with Crippen molar-refractivity contribution in [2.75, 3.05) is 14.2 Å². The number of methoxy groups -OCH3 is 2. The molecule has 0 aliphatic rings. The van der Waals surface area contributed by atoms with Gasteiger partial charge in [0.1, 0.15) is 11.5 Å². The molecule has 0 bridgehead atoms. The summed E-state index contributed by atoms with van der Waals surface area (Å²) in [6.07, 6.45) is 0. The average molecular weight is 358 g/mol.